The standard InChI is InChI=1S/C29H26FN2O/c1-18-7-10-22-23-11-12-24(30)27(20-8-9-21-17-31(2)15-13-19(21)16-20)29(23)33-28(22)26(18)25-6-4-5-14-32(25)3/h4-12,14,16H,13,15,17H2,1-3H3/q+1. The first kappa shape index (κ1) is 20.1. The van der Waals surface area contributed by atoms with Gasteiger partial charge in [-0.15, -0.1) is 0 Å². The van der Waals surface area contributed by atoms with Crippen LogP contribution in [0.25, 0.3) is 44.3 Å². The number of rotatable bonds is 2. The topological polar surface area (TPSA) is 20.3 Å². The minimum atomic E-state index is -0.252. The molecule has 0 unspecified atom stereocenters. The van der Waals surface area contributed by atoms with Crippen LogP contribution in [0.2, 0.25) is 0 Å². The minimum Gasteiger partial charge on any atom is -0.454 e. The van der Waals surface area contributed by atoms with Gasteiger partial charge in [-0.25, -0.2) is 8.96 Å². The maximum Gasteiger partial charge on any atom is 0.216 e. The van der Waals surface area contributed by atoms with Crippen LogP contribution in [0.5, 0.6) is 0 Å². The fourth-order valence-electron chi connectivity index (χ4n) is 5.20. The van der Waals surface area contributed by atoms with Gasteiger partial charge in [-0.3, -0.25) is 0 Å². The van der Waals surface area contributed by atoms with E-state index in [2.05, 4.69) is 53.8 Å². The first-order valence-electron chi connectivity index (χ1n) is 11.4. The summed E-state index contributed by atoms with van der Waals surface area (Å²) in [5.41, 5.74) is 8.71. The van der Waals surface area contributed by atoms with Gasteiger partial charge in [0, 0.05) is 36.0 Å². The van der Waals surface area contributed by atoms with Crippen LogP contribution in [-0.2, 0) is 20.0 Å². The van der Waals surface area contributed by atoms with Crippen molar-refractivity contribution < 1.29 is 13.4 Å². The van der Waals surface area contributed by atoms with Crippen LogP contribution in [0.4, 0.5) is 4.39 Å². The minimum absolute atomic E-state index is 0.252. The fourth-order valence-corrected chi connectivity index (χ4v) is 5.20. The fraction of sp³-hybridized carbons (Fsp3) is 0.207. The van der Waals surface area contributed by atoms with E-state index in [0.29, 0.717) is 11.1 Å². The molecule has 0 atom stereocenters. The van der Waals surface area contributed by atoms with E-state index in [1.165, 1.54) is 11.1 Å². The molecule has 4 heteroatoms. The second-order valence-electron chi connectivity index (χ2n) is 9.20. The lowest BCUT2D eigenvalue weighted by Gasteiger charge is -2.25. The highest BCUT2D eigenvalue weighted by molar-refractivity contribution is 6.13. The zero-order chi connectivity index (χ0) is 22.7. The molecule has 0 saturated carbocycles. The Bertz CT molecular complexity index is 1550. The molecular weight excluding hydrogens is 411 g/mol. The summed E-state index contributed by atoms with van der Waals surface area (Å²) in [5.74, 6) is -0.252. The van der Waals surface area contributed by atoms with Gasteiger partial charge < -0.3 is 9.32 Å². The predicted molar refractivity (Wildman–Crippen MR) is 131 cm³/mol. The number of fused-ring (bicyclic) bond motifs is 4. The largest absolute Gasteiger partial charge is 0.454 e. The lowest BCUT2D eigenvalue weighted by atomic mass is 9.93. The number of hydrogen-bond donors (Lipinski definition) is 0. The van der Waals surface area contributed by atoms with Crippen molar-refractivity contribution in [2.75, 3.05) is 13.6 Å². The van der Waals surface area contributed by atoms with Crippen molar-refractivity contribution in [3.63, 3.8) is 0 Å². The summed E-state index contributed by atoms with van der Waals surface area (Å²) >= 11 is 0. The highest BCUT2D eigenvalue weighted by Crippen LogP contribution is 2.42. The van der Waals surface area contributed by atoms with Crippen LogP contribution >= 0.6 is 0 Å². The summed E-state index contributed by atoms with van der Waals surface area (Å²) in [6, 6.07) is 20.1. The van der Waals surface area contributed by atoms with Crippen molar-refractivity contribution in [1.29, 1.82) is 0 Å². The molecule has 0 amide bonds. The second kappa shape index (κ2) is 7.53. The van der Waals surface area contributed by atoms with E-state index < -0.39 is 0 Å². The zero-order valence-electron chi connectivity index (χ0n) is 19.2. The van der Waals surface area contributed by atoms with Gasteiger partial charge in [-0.1, -0.05) is 30.3 Å². The molecule has 0 bridgehead atoms. The molecule has 0 fully saturated rings. The molecule has 33 heavy (non-hydrogen) atoms. The second-order valence-corrected chi connectivity index (χ2v) is 9.20. The average molecular weight is 438 g/mol. The van der Waals surface area contributed by atoms with E-state index in [1.54, 1.807) is 6.07 Å². The van der Waals surface area contributed by atoms with Gasteiger partial charge in [0.1, 0.15) is 24.0 Å². The van der Waals surface area contributed by atoms with Gasteiger partial charge in [-0.2, -0.15) is 0 Å². The Morgan fingerprint density at radius 2 is 1.70 bits per heavy atom. The van der Waals surface area contributed by atoms with Crippen LogP contribution in [0.1, 0.15) is 16.7 Å². The van der Waals surface area contributed by atoms with Crippen molar-refractivity contribution in [2.45, 2.75) is 19.9 Å². The molecule has 3 nitrogen and oxygen atoms in total. The molecule has 2 aromatic heterocycles. The molecular formula is C29H26FN2O+. The highest BCUT2D eigenvalue weighted by atomic mass is 19.1. The third-order valence-corrected chi connectivity index (χ3v) is 6.98. The molecule has 0 radical (unpaired) electrons. The summed E-state index contributed by atoms with van der Waals surface area (Å²) in [6.07, 6.45) is 3.01. The molecule has 6 rings (SSSR count). The predicted octanol–water partition coefficient (Wildman–Crippen LogP) is 6.18. The van der Waals surface area contributed by atoms with Crippen LogP contribution in [-0.4, -0.2) is 18.5 Å². The summed E-state index contributed by atoms with van der Waals surface area (Å²) < 4.78 is 24.0. The van der Waals surface area contributed by atoms with Gasteiger partial charge >= 0.3 is 0 Å². The van der Waals surface area contributed by atoms with E-state index in [4.69, 9.17) is 4.42 Å². The van der Waals surface area contributed by atoms with E-state index in [9.17, 15) is 0 Å². The molecule has 0 N–H and O–H groups in total. The number of aryl methyl sites for hydroxylation is 2. The number of pyridine rings is 1. The Morgan fingerprint density at radius 3 is 2.52 bits per heavy atom. The van der Waals surface area contributed by atoms with Gasteiger partial charge in [0.05, 0.1) is 11.1 Å². The number of aromatic nitrogens is 1. The normalized spacial score (nSPS) is 14.2. The smallest absolute Gasteiger partial charge is 0.216 e. The van der Waals surface area contributed by atoms with Crippen molar-refractivity contribution in [1.82, 2.24) is 4.90 Å². The number of hydrogen-bond acceptors (Lipinski definition) is 2. The zero-order valence-corrected chi connectivity index (χ0v) is 19.2. The van der Waals surface area contributed by atoms with E-state index in [0.717, 1.165) is 58.3 Å². The Morgan fingerprint density at radius 1 is 0.909 bits per heavy atom. The lowest BCUT2D eigenvalue weighted by Crippen LogP contribution is -2.30. The molecule has 3 heterocycles. The van der Waals surface area contributed by atoms with Crippen LogP contribution in [0.3, 0.4) is 0 Å². The molecule has 0 saturated heterocycles. The van der Waals surface area contributed by atoms with E-state index in [1.807, 2.05) is 37.5 Å². The Hall–Kier alpha value is -3.50. The van der Waals surface area contributed by atoms with Crippen LogP contribution in [0, 0.1) is 12.7 Å². The molecule has 0 spiro atoms. The Labute approximate surface area is 192 Å². The lowest BCUT2D eigenvalue weighted by molar-refractivity contribution is -0.660. The van der Waals surface area contributed by atoms with Gasteiger partial charge in [0.15, 0.2) is 6.20 Å². The number of likely N-dealkylation sites (N-methyl/N-ethyl adjacent to an activating group) is 1. The maximum atomic E-state index is 15.3. The number of halogens is 1. The van der Waals surface area contributed by atoms with Crippen LogP contribution < -0.4 is 4.57 Å². The van der Waals surface area contributed by atoms with Crippen molar-refractivity contribution in [3.05, 3.63) is 89.4 Å². The SMILES string of the molecule is Cc1ccc2c(oc3c(-c4ccc5c(c4)CCN(C)C5)c(F)ccc32)c1-c1cccc[n+]1C. The molecule has 1 aliphatic rings. The number of nitrogens with zero attached hydrogens (tertiary/aromatic N) is 2. The summed E-state index contributed by atoms with van der Waals surface area (Å²) in [6.45, 7) is 4.05. The highest BCUT2D eigenvalue weighted by Gasteiger charge is 2.23. The van der Waals surface area contributed by atoms with Crippen molar-refractivity contribution in [3.8, 4) is 22.4 Å². The maximum absolute atomic E-state index is 15.3. The Kier molecular flexibility index (Phi) is 4.59. The van der Waals surface area contributed by atoms with Gasteiger partial charge in [0.25, 0.3) is 0 Å². The molecule has 0 aliphatic carbocycles. The Balaban J connectivity index is 1.63. The number of furan rings is 1. The molecule has 164 valence electrons. The average Bonchev–Trinajstić information content (AvgIpc) is 3.18. The van der Waals surface area contributed by atoms with E-state index >= 15 is 4.39 Å². The van der Waals surface area contributed by atoms with Crippen molar-refractivity contribution in [2.24, 2.45) is 7.05 Å². The van der Waals surface area contributed by atoms with Gasteiger partial charge in [0.2, 0.25) is 5.69 Å². The summed E-state index contributed by atoms with van der Waals surface area (Å²) in [7, 11) is 4.17. The monoisotopic (exact) mass is 437 g/mol. The van der Waals surface area contributed by atoms with Gasteiger partial charge in [-0.05, 0) is 60.8 Å². The third kappa shape index (κ3) is 3.17. The first-order valence-corrected chi connectivity index (χ1v) is 11.4. The first-order chi connectivity index (χ1) is 16.0. The quantitative estimate of drug-likeness (QED) is 0.307. The molecule has 1 aliphatic heterocycles. The van der Waals surface area contributed by atoms with E-state index in [-0.39, 0.29) is 5.82 Å². The van der Waals surface area contributed by atoms with Crippen molar-refractivity contribution >= 4 is 21.9 Å². The summed E-state index contributed by atoms with van der Waals surface area (Å²) in [5, 5.41) is 1.95. The third-order valence-electron chi connectivity index (χ3n) is 6.98. The van der Waals surface area contributed by atoms with Crippen LogP contribution in [0.15, 0.2) is 71.3 Å². The molecule has 3 aromatic carbocycles. The number of benzene rings is 3. The summed E-state index contributed by atoms with van der Waals surface area (Å²) in [4.78, 5) is 2.32. The molecule has 5 aromatic rings.